The maximum atomic E-state index is 12.5. The molecular weight excluding hydrogens is 436 g/mol. The number of ether oxygens (including phenoxy) is 2. The fourth-order valence-corrected chi connectivity index (χ4v) is 4.08. The number of allylic oxidation sites excluding steroid dienone is 1. The van der Waals surface area contributed by atoms with Crippen LogP contribution in [0.1, 0.15) is 30.3 Å². The highest BCUT2D eigenvalue weighted by molar-refractivity contribution is 7.11. The van der Waals surface area contributed by atoms with Gasteiger partial charge in [0.05, 0.1) is 30.5 Å². The number of benzene rings is 2. The van der Waals surface area contributed by atoms with E-state index in [9.17, 15) is 10.1 Å². The Bertz CT molecular complexity index is 1410. The monoisotopic (exact) mass is 458 g/mol. The summed E-state index contributed by atoms with van der Waals surface area (Å²) in [6, 6.07) is 16.8. The highest BCUT2D eigenvalue weighted by atomic mass is 32.1. The SMILES string of the molecule is CCCCOc1cc(/C=C(\C#N)c2nc(-c3cc4ccccc4oc3=O)cs2)ccc1OC. The van der Waals surface area contributed by atoms with Crippen molar-refractivity contribution in [3.63, 3.8) is 0 Å². The highest BCUT2D eigenvalue weighted by Gasteiger charge is 2.14. The number of hydrogen-bond acceptors (Lipinski definition) is 7. The number of methoxy groups -OCH3 is 1. The van der Waals surface area contributed by atoms with E-state index in [1.54, 1.807) is 30.7 Å². The van der Waals surface area contributed by atoms with Crippen molar-refractivity contribution in [2.75, 3.05) is 13.7 Å². The van der Waals surface area contributed by atoms with Gasteiger partial charge in [-0.25, -0.2) is 9.78 Å². The van der Waals surface area contributed by atoms with E-state index >= 15 is 0 Å². The predicted molar refractivity (Wildman–Crippen MR) is 130 cm³/mol. The molecule has 0 spiro atoms. The Labute approximate surface area is 195 Å². The van der Waals surface area contributed by atoms with E-state index < -0.39 is 5.63 Å². The molecule has 7 heteroatoms. The van der Waals surface area contributed by atoms with Crippen molar-refractivity contribution >= 4 is 34.0 Å². The van der Waals surface area contributed by atoms with Crippen LogP contribution in [-0.4, -0.2) is 18.7 Å². The second kappa shape index (κ2) is 10.2. The van der Waals surface area contributed by atoms with E-state index in [0.29, 0.717) is 45.5 Å². The number of nitriles is 1. The molecule has 0 unspecified atom stereocenters. The van der Waals surface area contributed by atoms with E-state index in [4.69, 9.17) is 13.9 Å². The summed E-state index contributed by atoms with van der Waals surface area (Å²) in [5.41, 5.74) is 2.09. The molecule has 0 atom stereocenters. The Balaban J connectivity index is 1.66. The summed E-state index contributed by atoms with van der Waals surface area (Å²) in [4.78, 5) is 17.0. The molecule has 0 saturated carbocycles. The smallest absolute Gasteiger partial charge is 0.345 e. The fourth-order valence-electron chi connectivity index (χ4n) is 3.29. The lowest BCUT2D eigenvalue weighted by atomic mass is 10.1. The zero-order valence-corrected chi connectivity index (χ0v) is 19.1. The predicted octanol–water partition coefficient (Wildman–Crippen LogP) is 6.17. The largest absolute Gasteiger partial charge is 0.493 e. The van der Waals surface area contributed by atoms with Gasteiger partial charge >= 0.3 is 5.63 Å². The number of nitrogens with zero attached hydrogens (tertiary/aromatic N) is 2. The molecule has 2 heterocycles. The lowest BCUT2D eigenvalue weighted by Crippen LogP contribution is -2.02. The van der Waals surface area contributed by atoms with Crippen LogP contribution in [0.3, 0.4) is 0 Å². The minimum absolute atomic E-state index is 0.365. The number of thiazole rings is 1. The van der Waals surface area contributed by atoms with Gasteiger partial charge in [0.1, 0.15) is 16.7 Å². The summed E-state index contributed by atoms with van der Waals surface area (Å²) in [7, 11) is 1.60. The van der Waals surface area contributed by atoms with Crippen LogP contribution in [0.25, 0.3) is 33.9 Å². The van der Waals surface area contributed by atoms with Gasteiger partial charge < -0.3 is 13.9 Å². The van der Waals surface area contributed by atoms with Crippen LogP contribution in [0, 0.1) is 11.3 Å². The molecule has 4 rings (SSSR count). The molecule has 2 aromatic carbocycles. The maximum absolute atomic E-state index is 12.5. The summed E-state index contributed by atoms with van der Waals surface area (Å²) < 4.78 is 16.6. The Morgan fingerprint density at radius 1 is 1.21 bits per heavy atom. The maximum Gasteiger partial charge on any atom is 0.345 e. The van der Waals surface area contributed by atoms with Crippen LogP contribution in [0.2, 0.25) is 0 Å². The van der Waals surface area contributed by atoms with E-state index in [0.717, 1.165) is 23.8 Å². The standard InChI is InChI=1S/C26H22N2O4S/c1-3-4-11-31-24-13-17(9-10-23(24)30-2)12-19(15-27)25-28-21(16-33-25)20-14-18-7-5-6-8-22(18)32-26(20)29/h5-10,12-14,16H,3-4,11H2,1-2H3/b19-12+. The van der Waals surface area contributed by atoms with Crippen molar-refractivity contribution in [3.05, 3.63) is 74.9 Å². The Morgan fingerprint density at radius 3 is 2.85 bits per heavy atom. The van der Waals surface area contributed by atoms with Crippen LogP contribution < -0.4 is 15.1 Å². The quantitative estimate of drug-likeness (QED) is 0.178. The summed E-state index contributed by atoms with van der Waals surface area (Å²) in [5, 5.41) is 12.9. The molecule has 0 fully saturated rings. The number of aromatic nitrogens is 1. The van der Waals surface area contributed by atoms with Gasteiger partial charge in [-0.15, -0.1) is 11.3 Å². The molecule has 0 saturated heterocycles. The molecule has 0 aliphatic rings. The zero-order valence-electron chi connectivity index (χ0n) is 18.3. The van der Waals surface area contributed by atoms with Crippen LogP contribution in [0.5, 0.6) is 11.5 Å². The molecule has 0 amide bonds. The number of fused-ring (bicyclic) bond motifs is 1. The number of para-hydroxylation sites is 1. The van der Waals surface area contributed by atoms with Crippen LogP contribution in [0.15, 0.2) is 63.1 Å². The molecule has 0 bridgehead atoms. The van der Waals surface area contributed by atoms with E-state index in [-0.39, 0.29) is 0 Å². The Morgan fingerprint density at radius 2 is 2.06 bits per heavy atom. The first-order valence-corrected chi connectivity index (χ1v) is 11.4. The van der Waals surface area contributed by atoms with Crippen LogP contribution in [-0.2, 0) is 0 Å². The lowest BCUT2D eigenvalue weighted by molar-refractivity contribution is 0.288. The first-order chi connectivity index (χ1) is 16.1. The summed E-state index contributed by atoms with van der Waals surface area (Å²) in [5.74, 6) is 1.27. The van der Waals surface area contributed by atoms with E-state index in [1.807, 2.05) is 36.4 Å². The van der Waals surface area contributed by atoms with Crippen LogP contribution in [0.4, 0.5) is 0 Å². The van der Waals surface area contributed by atoms with E-state index in [2.05, 4.69) is 18.0 Å². The summed E-state index contributed by atoms with van der Waals surface area (Å²) in [6.45, 7) is 2.69. The average molecular weight is 459 g/mol. The van der Waals surface area contributed by atoms with E-state index in [1.165, 1.54) is 11.3 Å². The molecule has 33 heavy (non-hydrogen) atoms. The summed E-state index contributed by atoms with van der Waals surface area (Å²) >= 11 is 1.30. The normalized spacial score (nSPS) is 11.4. The topological polar surface area (TPSA) is 85.4 Å². The third kappa shape index (κ3) is 4.97. The van der Waals surface area contributed by atoms with Crippen LogP contribution >= 0.6 is 11.3 Å². The van der Waals surface area contributed by atoms with Gasteiger partial charge in [-0.2, -0.15) is 5.26 Å². The van der Waals surface area contributed by atoms with Gasteiger partial charge in [-0.1, -0.05) is 37.6 Å². The van der Waals surface area contributed by atoms with Gasteiger partial charge in [0.15, 0.2) is 11.5 Å². The molecule has 2 aromatic heterocycles. The van der Waals surface area contributed by atoms with Crippen molar-refractivity contribution in [2.24, 2.45) is 0 Å². The molecule has 4 aromatic rings. The lowest BCUT2D eigenvalue weighted by Gasteiger charge is -2.11. The Kier molecular flexibility index (Phi) is 6.86. The molecule has 6 nitrogen and oxygen atoms in total. The third-order valence-corrected chi connectivity index (χ3v) is 5.90. The average Bonchev–Trinajstić information content (AvgIpc) is 3.32. The fraction of sp³-hybridized carbons (Fsp3) is 0.192. The number of hydrogen-bond donors (Lipinski definition) is 0. The molecule has 166 valence electrons. The van der Waals surface area contributed by atoms with Gasteiger partial charge in [-0.3, -0.25) is 0 Å². The zero-order chi connectivity index (χ0) is 23.2. The van der Waals surface area contributed by atoms with Gasteiger partial charge in [-0.05, 0) is 42.3 Å². The molecule has 0 radical (unpaired) electrons. The van der Waals surface area contributed by atoms with Crippen molar-refractivity contribution < 1.29 is 13.9 Å². The first-order valence-electron chi connectivity index (χ1n) is 10.5. The van der Waals surface area contributed by atoms with Crippen molar-refractivity contribution in [3.8, 4) is 28.8 Å². The molecular formula is C26H22N2O4S. The van der Waals surface area contributed by atoms with Crippen molar-refractivity contribution in [2.45, 2.75) is 19.8 Å². The van der Waals surface area contributed by atoms with Gasteiger partial charge in [0.2, 0.25) is 0 Å². The molecule has 0 aliphatic heterocycles. The molecule has 0 aliphatic carbocycles. The molecule has 0 N–H and O–H groups in total. The number of rotatable bonds is 8. The second-order valence-corrected chi connectivity index (χ2v) is 8.16. The minimum atomic E-state index is -0.461. The highest BCUT2D eigenvalue weighted by Crippen LogP contribution is 2.31. The Hall–Kier alpha value is -3.89. The van der Waals surface area contributed by atoms with Crippen molar-refractivity contribution in [1.29, 1.82) is 5.26 Å². The van der Waals surface area contributed by atoms with Crippen molar-refractivity contribution in [1.82, 2.24) is 4.98 Å². The first kappa shape index (κ1) is 22.3. The third-order valence-electron chi connectivity index (χ3n) is 5.03. The van der Waals surface area contributed by atoms with Gasteiger partial charge in [0.25, 0.3) is 0 Å². The number of unbranched alkanes of at least 4 members (excludes halogenated alkanes) is 1. The summed E-state index contributed by atoms with van der Waals surface area (Å²) in [6.07, 6.45) is 3.72. The minimum Gasteiger partial charge on any atom is -0.493 e. The second-order valence-electron chi connectivity index (χ2n) is 7.31. The van der Waals surface area contributed by atoms with Gasteiger partial charge in [0, 0.05) is 10.8 Å².